The summed E-state index contributed by atoms with van der Waals surface area (Å²) in [6, 6.07) is 17.8. The Kier molecular flexibility index (Phi) is 6.76. The molecule has 1 N–H and O–H groups in total. The van der Waals surface area contributed by atoms with Crippen LogP contribution in [0.25, 0.3) is 22.2 Å². The zero-order chi connectivity index (χ0) is 25.5. The minimum atomic E-state index is -1.17. The van der Waals surface area contributed by atoms with Crippen molar-refractivity contribution in [3.05, 3.63) is 87.7 Å². The lowest BCUT2D eigenvalue weighted by Gasteiger charge is -2.28. The van der Waals surface area contributed by atoms with Crippen molar-refractivity contribution in [2.24, 2.45) is 0 Å². The van der Waals surface area contributed by atoms with Gasteiger partial charge in [0.05, 0.1) is 5.60 Å². The van der Waals surface area contributed by atoms with Crippen molar-refractivity contribution in [3.63, 3.8) is 0 Å². The molecule has 0 spiro atoms. The van der Waals surface area contributed by atoms with E-state index in [1.165, 1.54) is 5.56 Å². The van der Waals surface area contributed by atoms with Crippen LogP contribution in [0.1, 0.15) is 55.0 Å². The fourth-order valence-electron chi connectivity index (χ4n) is 4.58. The smallest absolute Gasteiger partial charge is 0.337 e. The number of fused-ring (bicyclic) bond motifs is 1. The largest absolute Gasteiger partial charge is 0.479 e. The molecule has 0 aliphatic rings. The molecule has 182 valence electrons. The molecule has 0 saturated heterocycles. The van der Waals surface area contributed by atoms with Crippen molar-refractivity contribution in [2.45, 2.75) is 59.8 Å². The molecule has 2 aromatic heterocycles. The van der Waals surface area contributed by atoms with E-state index >= 15 is 0 Å². The van der Waals surface area contributed by atoms with Crippen molar-refractivity contribution in [2.75, 3.05) is 0 Å². The van der Waals surface area contributed by atoms with Crippen molar-refractivity contribution >= 4 is 28.6 Å². The minimum absolute atomic E-state index is 0.571. The zero-order valence-electron chi connectivity index (χ0n) is 21.0. The average molecular weight is 491 g/mol. The van der Waals surface area contributed by atoms with Crippen LogP contribution in [0.5, 0.6) is 0 Å². The summed E-state index contributed by atoms with van der Waals surface area (Å²) < 4.78 is 8.31. The van der Waals surface area contributed by atoms with Crippen LogP contribution < -0.4 is 0 Å². The maximum absolute atomic E-state index is 12.5. The quantitative estimate of drug-likeness (QED) is 0.308. The standard InChI is InChI=1S/C29H31ClN2O3/c1-17-19(3)32(16-20-10-8-7-9-11-20)27-23(17)25(21-12-14-22(30)15-13-21)24(18(2)31-27)26(28(33)34)35-29(4,5)6/h7-15,26H,16H2,1-6H3,(H,33,34)/t26-/m0/s1. The summed E-state index contributed by atoms with van der Waals surface area (Å²) >= 11 is 6.20. The number of aromatic nitrogens is 2. The summed E-state index contributed by atoms with van der Waals surface area (Å²) in [4.78, 5) is 17.5. The van der Waals surface area contributed by atoms with Crippen LogP contribution in [0.4, 0.5) is 0 Å². The van der Waals surface area contributed by atoms with Crippen LogP contribution in [0.3, 0.4) is 0 Å². The molecule has 0 amide bonds. The molecule has 0 radical (unpaired) electrons. The lowest BCUT2D eigenvalue weighted by Crippen LogP contribution is -2.28. The summed E-state index contributed by atoms with van der Waals surface area (Å²) in [5.41, 5.74) is 6.40. The third-order valence-electron chi connectivity index (χ3n) is 6.26. The molecule has 5 nitrogen and oxygen atoms in total. The predicted octanol–water partition coefficient (Wildman–Crippen LogP) is 7.27. The number of hydrogen-bond acceptors (Lipinski definition) is 3. The van der Waals surface area contributed by atoms with Gasteiger partial charge < -0.3 is 14.4 Å². The Morgan fingerprint density at radius 2 is 1.69 bits per heavy atom. The first kappa shape index (κ1) is 25.0. The van der Waals surface area contributed by atoms with Crippen LogP contribution >= 0.6 is 11.6 Å². The summed E-state index contributed by atoms with van der Waals surface area (Å²) in [5, 5.41) is 11.8. The number of carboxylic acid groups (broad SMARTS) is 1. The van der Waals surface area contributed by atoms with Crippen LogP contribution in [-0.2, 0) is 16.1 Å². The fourth-order valence-corrected chi connectivity index (χ4v) is 4.70. The van der Waals surface area contributed by atoms with E-state index in [1.807, 2.05) is 70.2 Å². The van der Waals surface area contributed by atoms with Gasteiger partial charge in [-0.25, -0.2) is 9.78 Å². The lowest BCUT2D eigenvalue weighted by molar-refractivity contribution is -0.160. The zero-order valence-corrected chi connectivity index (χ0v) is 21.8. The Balaban J connectivity index is 2.08. The molecule has 4 aromatic rings. The van der Waals surface area contributed by atoms with Gasteiger partial charge in [-0.2, -0.15) is 0 Å². The molecular weight excluding hydrogens is 460 g/mol. The lowest BCUT2D eigenvalue weighted by atomic mass is 9.91. The molecule has 0 aliphatic carbocycles. The Labute approximate surface area is 211 Å². The van der Waals surface area contributed by atoms with Crippen LogP contribution in [0.2, 0.25) is 5.02 Å². The number of rotatable bonds is 6. The molecule has 35 heavy (non-hydrogen) atoms. The molecule has 0 bridgehead atoms. The maximum Gasteiger partial charge on any atom is 0.337 e. The number of halogens is 1. The number of benzene rings is 2. The highest BCUT2D eigenvalue weighted by molar-refractivity contribution is 6.30. The monoisotopic (exact) mass is 490 g/mol. The van der Waals surface area contributed by atoms with Crippen molar-refractivity contribution in [1.29, 1.82) is 0 Å². The highest BCUT2D eigenvalue weighted by Crippen LogP contribution is 2.42. The van der Waals surface area contributed by atoms with Gasteiger partial charge in [-0.15, -0.1) is 0 Å². The Morgan fingerprint density at radius 1 is 1.06 bits per heavy atom. The van der Waals surface area contributed by atoms with Gasteiger partial charge in [-0.05, 0) is 70.4 Å². The second-order valence-electron chi connectivity index (χ2n) is 9.92. The van der Waals surface area contributed by atoms with Crippen LogP contribution in [-0.4, -0.2) is 26.2 Å². The van der Waals surface area contributed by atoms with E-state index in [0.717, 1.165) is 33.4 Å². The molecule has 0 unspecified atom stereocenters. The number of ether oxygens (including phenoxy) is 1. The molecule has 2 heterocycles. The first-order valence-electron chi connectivity index (χ1n) is 11.7. The second kappa shape index (κ2) is 9.48. The Hall–Kier alpha value is -3.15. The number of aliphatic carboxylic acids is 1. The van der Waals surface area contributed by atoms with E-state index in [0.29, 0.717) is 22.8 Å². The third-order valence-corrected chi connectivity index (χ3v) is 6.51. The molecule has 1 atom stereocenters. The van der Waals surface area contributed by atoms with Gasteiger partial charge >= 0.3 is 5.97 Å². The van der Waals surface area contributed by atoms with E-state index in [2.05, 4.69) is 30.5 Å². The molecule has 4 rings (SSSR count). The maximum atomic E-state index is 12.5. The summed E-state index contributed by atoms with van der Waals surface area (Å²) in [7, 11) is 0. The highest BCUT2D eigenvalue weighted by atomic mass is 35.5. The molecular formula is C29H31ClN2O3. The van der Waals surface area contributed by atoms with E-state index in [-0.39, 0.29) is 0 Å². The summed E-state index contributed by atoms with van der Waals surface area (Å²) in [5.74, 6) is -1.04. The number of hydrogen-bond donors (Lipinski definition) is 1. The molecule has 0 saturated carbocycles. The average Bonchev–Trinajstić information content (AvgIpc) is 3.02. The summed E-state index contributed by atoms with van der Waals surface area (Å²) in [6.45, 7) is 12.3. The van der Waals surface area contributed by atoms with Gasteiger partial charge in [0.2, 0.25) is 0 Å². The van der Waals surface area contributed by atoms with E-state index in [1.54, 1.807) is 0 Å². The predicted molar refractivity (Wildman–Crippen MR) is 141 cm³/mol. The molecule has 0 fully saturated rings. The Bertz CT molecular complexity index is 1380. The van der Waals surface area contributed by atoms with Gasteiger partial charge in [0.15, 0.2) is 6.10 Å². The Morgan fingerprint density at radius 3 is 2.26 bits per heavy atom. The van der Waals surface area contributed by atoms with E-state index in [9.17, 15) is 9.90 Å². The number of carboxylic acids is 1. The third kappa shape index (κ3) is 4.97. The fraction of sp³-hybridized carbons (Fsp3) is 0.310. The van der Waals surface area contributed by atoms with Gasteiger partial charge in [-0.1, -0.05) is 54.1 Å². The number of pyridine rings is 1. The number of nitrogens with zero attached hydrogens (tertiary/aromatic N) is 2. The summed E-state index contributed by atoms with van der Waals surface area (Å²) in [6.07, 6.45) is -1.17. The van der Waals surface area contributed by atoms with E-state index in [4.69, 9.17) is 21.3 Å². The van der Waals surface area contributed by atoms with Crippen molar-refractivity contribution in [3.8, 4) is 11.1 Å². The van der Waals surface area contributed by atoms with Crippen molar-refractivity contribution < 1.29 is 14.6 Å². The first-order valence-corrected chi connectivity index (χ1v) is 12.1. The number of carbonyl (C=O) groups is 1. The van der Waals surface area contributed by atoms with Crippen molar-refractivity contribution in [1.82, 2.24) is 9.55 Å². The molecule has 2 aromatic carbocycles. The second-order valence-corrected chi connectivity index (χ2v) is 10.4. The van der Waals surface area contributed by atoms with Gasteiger partial charge in [0, 0.05) is 39.5 Å². The topological polar surface area (TPSA) is 64.4 Å². The number of aryl methyl sites for hydroxylation is 2. The molecule has 6 heteroatoms. The van der Waals surface area contributed by atoms with E-state index < -0.39 is 17.7 Å². The first-order chi connectivity index (χ1) is 16.5. The van der Waals surface area contributed by atoms with Gasteiger partial charge in [0.25, 0.3) is 0 Å². The normalized spacial score (nSPS) is 12.8. The van der Waals surface area contributed by atoms with Gasteiger partial charge in [0.1, 0.15) is 5.65 Å². The molecule has 0 aliphatic heterocycles. The van der Waals surface area contributed by atoms with Crippen LogP contribution in [0, 0.1) is 20.8 Å². The minimum Gasteiger partial charge on any atom is -0.479 e. The highest BCUT2D eigenvalue weighted by Gasteiger charge is 2.33. The SMILES string of the molecule is Cc1nc2c(c(C)c(C)n2Cc2ccccc2)c(-c2ccc(Cl)cc2)c1[C@H](OC(C)(C)C)C(=O)O. The van der Waals surface area contributed by atoms with Crippen LogP contribution in [0.15, 0.2) is 54.6 Å². The van der Waals surface area contributed by atoms with Gasteiger partial charge in [-0.3, -0.25) is 0 Å².